The van der Waals surface area contributed by atoms with Crippen LogP contribution in [-0.2, 0) is 19.4 Å². The molecule has 2 aromatic carbocycles. The van der Waals surface area contributed by atoms with Crippen LogP contribution in [0.25, 0.3) is 11.4 Å². The van der Waals surface area contributed by atoms with E-state index in [0.717, 1.165) is 16.7 Å². The van der Waals surface area contributed by atoms with Gasteiger partial charge in [-0.15, -0.1) is 12.4 Å². The quantitative estimate of drug-likeness (QED) is 0.613. The third-order valence-corrected chi connectivity index (χ3v) is 4.27. The largest absolute Gasteiger partial charge is 0.493 e. The molecule has 0 saturated heterocycles. The van der Waals surface area contributed by atoms with E-state index in [2.05, 4.69) is 10.1 Å². The minimum atomic E-state index is 0. The second-order valence-electron chi connectivity index (χ2n) is 5.95. The van der Waals surface area contributed by atoms with Crippen molar-refractivity contribution in [3.63, 3.8) is 0 Å². The molecule has 1 aromatic heterocycles. The minimum absolute atomic E-state index is 0. The average molecular weight is 406 g/mol. The summed E-state index contributed by atoms with van der Waals surface area (Å²) in [5, 5.41) is 4.06. The van der Waals surface area contributed by atoms with Gasteiger partial charge in [-0.25, -0.2) is 0 Å². The van der Waals surface area contributed by atoms with Gasteiger partial charge in [0.05, 0.1) is 21.3 Å². The molecule has 0 fully saturated rings. The van der Waals surface area contributed by atoms with E-state index in [4.69, 9.17) is 24.5 Å². The number of hydrogen-bond acceptors (Lipinski definition) is 7. The first-order chi connectivity index (χ1) is 13.2. The fourth-order valence-corrected chi connectivity index (χ4v) is 2.79. The Hall–Kier alpha value is -2.77. The number of methoxy groups -OCH3 is 3. The Labute approximate surface area is 170 Å². The molecule has 0 aliphatic carbocycles. The number of aryl methyl sites for hydroxylation is 2. The highest BCUT2D eigenvalue weighted by molar-refractivity contribution is 5.85. The minimum Gasteiger partial charge on any atom is -0.493 e. The lowest BCUT2D eigenvalue weighted by atomic mass is 10.1. The highest BCUT2D eigenvalue weighted by atomic mass is 35.5. The molecule has 0 aliphatic rings. The van der Waals surface area contributed by atoms with Crippen molar-refractivity contribution in [2.45, 2.75) is 19.4 Å². The van der Waals surface area contributed by atoms with Crippen molar-refractivity contribution in [2.24, 2.45) is 5.73 Å². The summed E-state index contributed by atoms with van der Waals surface area (Å²) in [7, 11) is 4.78. The Morgan fingerprint density at radius 2 is 1.54 bits per heavy atom. The fraction of sp³-hybridized carbons (Fsp3) is 0.300. The van der Waals surface area contributed by atoms with Crippen LogP contribution in [0.4, 0.5) is 0 Å². The number of nitrogens with two attached hydrogens (primary N) is 1. The molecule has 150 valence electrons. The molecule has 0 bridgehead atoms. The van der Waals surface area contributed by atoms with Gasteiger partial charge in [-0.05, 0) is 29.7 Å². The van der Waals surface area contributed by atoms with E-state index in [0.29, 0.717) is 48.4 Å². The lowest BCUT2D eigenvalue weighted by Crippen LogP contribution is -1.98. The number of halogens is 1. The zero-order chi connectivity index (χ0) is 19.2. The number of rotatable bonds is 8. The molecular weight excluding hydrogens is 382 g/mol. The summed E-state index contributed by atoms with van der Waals surface area (Å²) in [5.74, 6) is 2.96. The molecule has 0 aliphatic heterocycles. The van der Waals surface area contributed by atoms with E-state index >= 15 is 0 Å². The van der Waals surface area contributed by atoms with Gasteiger partial charge in [0.15, 0.2) is 11.5 Å². The SMILES string of the molecule is COc1cc(CCc2nc(-c3ccc(CN)cc3)no2)cc(OC)c1OC.Cl. The Bertz CT molecular complexity index is 872. The Morgan fingerprint density at radius 1 is 0.893 bits per heavy atom. The summed E-state index contributed by atoms with van der Waals surface area (Å²) in [4.78, 5) is 4.47. The predicted octanol–water partition coefficient (Wildman–Crippen LogP) is 3.43. The molecule has 8 heteroatoms. The molecule has 0 radical (unpaired) electrons. The Balaban J connectivity index is 0.00000280. The van der Waals surface area contributed by atoms with Crippen LogP contribution in [0.1, 0.15) is 17.0 Å². The van der Waals surface area contributed by atoms with Gasteiger partial charge in [-0.1, -0.05) is 29.4 Å². The molecule has 7 nitrogen and oxygen atoms in total. The second-order valence-corrected chi connectivity index (χ2v) is 5.95. The summed E-state index contributed by atoms with van der Waals surface area (Å²) in [6.45, 7) is 0.507. The van der Waals surface area contributed by atoms with E-state index in [1.165, 1.54) is 0 Å². The van der Waals surface area contributed by atoms with Crippen molar-refractivity contribution in [2.75, 3.05) is 21.3 Å². The molecule has 0 atom stereocenters. The van der Waals surface area contributed by atoms with Crippen molar-refractivity contribution in [1.29, 1.82) is 0 Å². The number of hydrogen-bond donors (Lipinski definition) is 1. The predicted molar refractivity (Wildman–Crippen MR) is 108 cm³/mol. The van der Waals surface area contributed by atoms with Gasteiger partial charge in [-0.2, -0.15) is 4.98 Å². The number of benzene rings is 2. The topological polar surface area (TPSA) is 92.6 Å². The summed E-state index contributed by atoms with van der Waals surface area (Å²) in [6, 6.07) is 11.6. The lowest BCUT2D eigenvalue weighted by Gasteiger charge is -2.13. The molecule has 0 unspecified atom stereocenters. The van der Waals surface area contributed by atoms with Crippen molar-refractivity contribution in [3.05, 3.63) is 53.4 Å². The van der Waals surface area contributed by atoms with Crippen molar-refractivity contribution in [1.82, 2.24) is 10.1 Å². The molecular formula is C20H24ClN3O4. The summed E-state index contributed by atoms with van der Waals surface area (Å²) in [6.07, 6.45) is 1.30. The zero-order valence-electron chi connectivity index (χ0n) is 16.1. The van der Waals surface area contributed by atoms with Gasteiger partial charge in [-0.3, -0.25) is 0 Å². The monoisotopic (exact) mass is 405 g/mol. The Morgan fingerprint density at radius 3 is 2.07 bits per heavy atom. The van der Waals surface area contributed by atoms with E-state index < -0.39 is 0 Å². The Kier molecular flexibility index (Phi) is 7.66. The van der Waals surface area contributed by atoms with Crippen LogP contribution in [0, 0.1) is 0 Å². The maximum Gasteiger partial charge on any atom is 0.227 e. The van der Waals surface area contributed by atoms with Crippen LogP contribution in [0.3, 0.4) is 0 Å². The van der Waals surface area contributed by atoms with E-state index in [1.54, 1.807) is 21.3 Å². The van der Waals surface area contributed by atoms with Crippen molar-refractivity contribution in [3.8, 4) is 28.6 Å². The first-order valence-electron chi connectivity index (χ1n) is 8.59. The van der Waals surface area contributed by atoms with Gasteiger partial charge in [0.1, 0.15) is 0 Å². The van der Waals surface area contributed by atoms with Crippen LogP contribution in [0.2, 0.25) is 0 Å². The molecule has 28 heavy (non-hydrogen) atoms. The maximum atomic E-state index is 5.62. The van der Waals surface area contributed by atoms with Crippen LogP contribution in [0.15, 0.2) is 40.9 Å². The van der Waals surface area contributed by atoms with Crippen LogP contribution in [0.5, 0.6) is 17.2 Å². The van der Waals surface area contributed by atoms with Crippen molar-refractivity contribution < 1.29 is 18.7 Å². The number of ether oxygens (including phenoxy) is 3. The number of nitrogens with zero attached hydrogens (tertiary/aromatic N) is 2. The highest BCUT2D eigenvalue weighted by Gasteiger charge is 2.14. The van der Waals surface area contributed by atoms with Gasteiger partial charge < -0.3 is 24.5 Å². The smallest absolute Gasteiger partial charge is 0.227 e. The standard InChI is InChI=1S/C20H23N3O4.ClH/c1-24-16-10-14(11-17(25-2)19(16)26-3)6-9-18-22-20(23-27-18)15-7-4-13(12-21)5-8-15;/h4-5,7-8,10-11H,6,9,12,21H2,1-3H3;1H. The second kappa shape index (κ2) is 9.96. The first-order valence-corrected chi connectivity index (χ1v) is 8.59. The van der Waals surface area contributed by atoms with Crippen LogP contribution in [-0.4, -0.2) is 31.5 Å². The fourth-order valence-electron chi connectivity index (χ4n) is 2.79. The molecule has 0 saturated carbocycles. The van der Waals surface area contributed by atoms with Crippen molar-refractivity contribution >= 4 is 12.4 Å². The summed E-state index contributed by atoms with van der Waals surface area (Å²) < 4.78 is 21.5. The van der Waals surface area contributed by atoms with Crippen LogP contribution < -0.4 is 19.9 Å². The number of aromatic nitrogens is 2. The van der Waals surface area contributed by atoms with Gasteiger partial charge >= 0.3 is 0 Å². The lowest BCUT2D eigenvalue weighted by molar-refractivity contribution is 0.323. The van der Waals surface area contributed by atoms with E-state index in [9.17, 15) is 0 Å². The highest BCUT2D eigenvalue weighted by Crippen LogP contribution is 2.38. The molecule has 2 N–H and O–H groups in total. The molecule has 1 heterocycles. The molecule has 3 aromatic rings. The van der Waals surface area contributed by atoms with Crippen LogP contribution >= 0.6 is 12.4 Å². The molecule has 0 amide bonds. The normalized spacial score (nSPS) is 10.3. The maximum absolute atomic E-state index is 5.62. The zero-order valence-corrected chi connectivity index (χ0v) is 16.9. The third kappa shape index (κ3) is 4.74. The molecule has 0 spiro atoms. The van der Waals surface area contributed by atoms with Gasteiger partial charge in [0, 0.05) is 18.5 Å². The summed E-state index contributed by atoms with van der Waals surface area (Å²) in [5.41, 5.74) is 8.60. The van der Waals surface area contributed by atoms with Gasteiger partial charge in [0.2, 0.25) is 17.5 Å². The third-order valence-electron chi connectivity index (χ3n) is 4.27. The van der Waals surface area contributed by atoms with E-state index in [-0.39, 0.29) is 12.4 Å². The van der Waals surface area contributed by atoms with E-state index in [1.807, 2.05) is 36.4 Å². The van der Waals surface area contributed by atoms with Gasteiger partial charge in [0.25, 0.3) is 0 Å². The first kappa shape index (κ1) is 21.5. The average Bonchev–Trinajstić information content (AvgIpc) is 3.20. The molecule has 3 rings (SSSR count). The summed E-state index contributed by atoms with van der Waals surface area (Å²) >= 11 is 0.